The van der Waals surface area contributed by atoms with E-state index in [1.54, 1.807) is 0 Å². The highest BCUT2D eigenvalue weighted by molar-refractivity contribution is 5.30. The number of rotatable bonds is 0. The van der Waals surface area contributed by atoms with E-state index in [4.69, 9.17) is 0 Å². The number of aryl methyl sites for hydroxylation is 1. The standard InChI is InChI=1S/C12H17N/c1-12(2,3)10-6-7-11-9(10)5-4-8-13-11/h4-5,8,10H,6-7H2,1-3H3. The molecule has 0 aliphatic heterocycles. The molecule has 2 rings (SSSR count). The van der Waals surface area contributed by atoms with Crippen LogP contribution in [0.25, 0.3) is 0 Å². The first-order valence-corrected chi connectivity index (χ1v) is 5.03. The summed E-state index contributed by atoms with van der Waals surface area (Å²) in [5, 5.41) is 0. The van der Waals surface area contributed by atoms with Crippen molar-refractivity contribution in [3.63, 3.8) is 0 Å². The second-order valence-electron chi connectivity index (χ2n) is 5.00. The first-order valence-electron chi connectivity index (χ1n) is 5.03. The molecule has 0 saturated heterocycles. The van der Waals surface area contributed by atoms with E-state index in [1.165, 1.54) is 17.7 Å². The Labute approximate surface area is 80.2 Å². The summed E-state index contributed by atoms with van der Waals surface area (Å²) >= 11 is 0. The van der Waals surface area contributed by atoms with Crippen molar-refractivity contribution in [2.24, 2.45) is 5.41 Å². The quantitative estimate of drug-likeness (QED) is 0.590. The molecule has 1 aliphatic carbocycles. The number of fused-ring (bicyclic) bond motifs is 1. The van der Waals surface area contributed by atoms with Gasteiger partial charge in [0.15, 0.2) is 0 Å². The zero-order valence-electron chi connectivity index (χ0n) is 8.67. The van der Waals surface area contributed by atoms with Crippen LogP contribution in [-0.4, -0.2) is 4.98 Å². The van der Waals surface area contributed by atoms with E-state index in [2.05, 4.69) is 37.9 Å². The molecule has 1 aliphatic rings. The Kier molecular flexibility index (Phi) is 1.90. The van der Waals surface area contributed by atoms with Crippen LogP contribution in [0.3, 0.4) is 0 Å². The fourth-order valence-corrected chi connectivity index (χ4v) is 2.31. The van der Waals surface area contributed by atoms with Crippen LogP contribution in [0.2, 0.25) is 0 Å². The molecule has 0 N–H and O–H groups in total. The number of hydrogen-bond donors (Lipinski definition) is 0. The topological polar surface area (TPSA) is 12.9 Å². The van der Waals surface area contributed by atoms with Gasteiger partial charge in [-0.15, -0.1) is 0 Å². The van der Waals surface area contributed by atoms with E-state index in [1.807, 2.05) is 6.20 Å². The van der Waals surface area contributed by atoms with Crippen molar-refractivity contribution in [2.75, 3.05) is 0 Å². The highest BCUT2D eigenvalue weighted by atomic mass is 14.7. The number of nitrogens with zero attached hydrogens (tertiary/aromatic N) is 1. The summed E-state index contributed by atoms with van der Waals surface area (Å²) in [5.74, 6) is 0.705. The van der Waals surface area contributed by atoms with Gasteiger partial charge >= 0.3 is 0 Å². The highest BCUT2D eigenvalue weighted by Crippen LogP contribution is 2.43. The Morgan fingerprint density at radius 1 is 1.38 bits per heavy atom. The zero-order valence-corrected chi connectivity index (χ0v) is 8.67. The lowest BCUT2D eigenvalue weighted by Gasteiger charge is -2.27. The molecule has 1 aromatic heterocycles. The first kappa shape index (κ1) is 8.74. The SMILES string of the molecule is CC(C)(C)C1CCc2ncccc21. The van der Waals surface area contributed by atoms with Gasteiger partial charge in [0.1, 0.15) is 0 Å². The molecular weight excluding hydrogens is 158 g/mol. The average Bonchev–Trinajstić information content (AvgIpc) is 2.45. The molecule has 0 spiro atoms. The Bertz CT molecular complexity index is 309. The third-order valence-electron chi connectivity index (χ3n) is 3.02. The fraction of sp³-hybridized carbons (Fsp3) is 0.583. The molecule has 1 atom stereocenters. The average molecular weight is 175 g/mol. The molecule has 0 saturated carbocycles. The Morgan fingerprint density at radius 2 is 2.15 bits per heavy atom. The Morgan fingerprint density at radius 3 is 2.85 bits per heavy atom. The van der Waals surface area contributed by atoms with Crippen molar-refractivity contribution in [1.82, 2.24) is 4.98 Å². The third-order valence-corrected chi connectivity index (χ3v) is 3.02. The van der Waals surface area contributed by atoms with Gasteiger partial charge in [0.25, 0.3) is 0 Å². The minimum Gasteiger partial charge on any atom is -0.261 e. The van der Waals surface area contributed by atoms with Crippen molar-refractivity contribution in [3.05, 3.63) is 29.6 Å². The molecule has 1 heteroatoms. The normalized spacial score (nSPS) is 21.6. The zero-order chi connectivity index (χ0) is 9.47. The van der Waals surface area contributed by atoms with Gasteiger partial charge in [-0.2, -0.15) is 0 Å². The number of hydrogen-bond acceptors (Lipinski definition) is 1. The van der Waals surface area contributed by atoms with Crippen LogP contribution in [0, 0.1) is 5.41 Å². The van der Waals surface area contributed by atoms with Gasteiger partial charge in [0.05, 0.1) is 0 Å². The minimum absolute atomic E-state index is 0.383. The van der Waals surface area contributed by atoms with Crippen LogP contribution < -0.4 is 0 Å². The van der Waals surface area contributed by atoms with Gasteiger partial charge in [-0.05, 0) is 35.8 Å². The van der Waals surface area contributed by atoms with Crippen molar-refractivity contribution in [1.29, 1.82) is 0 Å². The van der Waals surface area contributed by atoms with E-state index >= 15 is 0 Å². The monoisotopic (exact) mass is 175 g/mol. The molecule has 70 valence electrons. The molecule has 1 nitrogen and oxygen atoms in total. The van der Waals surface area contributed by atoms with Gasteiger partial charge in [-0.3, -0.25) is 4.98 Å². The van der Waals surface area contributed by atoms with Crippen LogP contribution in [0.1, 0.15) is 44.4 Å². The van der Waals surface area contributed by atoms with Gasteiger partial charge in [0.2, 0.25) is 0 Å². The van der Waals surface area contributed by atoms with Crippen LogP contribution >= 0.6 is 0 Å². The van der Waals surface area contributed by atoms with Crippen LogP contribution in [-0.2, 0) is 6.42 Å². The number of pyridine rings is 1. The molecule has 13 heavy (non-hydrogen) atoms. The minimum atomic E-state index is 0.383. The molecule has 1 aromatic rings. The summed E-state index contributed by atoms with van der Waals surface area (Å²) in [6.45, 7) is 6.96. The fourth-order valence-electron chi connectivity index (χ4n) is 2.31. The van der Waals surface area contributed by atoms with Crippen molar-refractivity contribution in [2.45, 2.75) is 39.5 Å². The van der Waals surface area contributed by atoms with Gasteiger partial charge < -0.3 is 0 Å². The maximum atomic E-state index is 4.42. The summed E-state index contributed by atoms with van der Waals surface area (Å²) < 4.78 is 0. The molecule has 0 aromatic carbocycles. The predicted molar refractivity (Wildman–Crippen MR) is 54.8 cm³/mol. The van der Waals surface area contributed by atoms with E-state index in [9.17, 15) is 0 Å². The van der Waals surface area contributed by atoms with E-state index in [0.29, 0.717) is 11.3 Å². The largest absolute Gasteiger partial charge is 0.261 e. The summed E-state index contributed by atoms with van der Waals surface area (Å²) in [6, 6.07) is 4.30. The van der Waals surface area contributed by atoms with Gasteiger partial charge in [-0.1, -0.05) is 26.8 Å². The summed E-state index contributed by atoms with van der Waals surface area (Å²) in [7, 11) is 0. The second-order valence-corrected chi connectivity index (χ2v) is 5.00. The van der Waals surface area contributed by atoms with Crippen molar-refractivity contribution < 1.29 is 0 Å². The molecular formula is C12H17N. The smallest absolute Gasteiger partial charge is 0.0438 e. The van der Waals surface area contributed by atoms with Crippen molar-refractivity contribution in [3.8, 4) is 0 Å². The van der Waals surface area contributed by atoms with Crippen LogP contribution in [0.15, 0.2) is 18.3 Å². The maximum absolute atomic E-state index is 4.42. The Balaban J connectivity index is 2.39. The summed E-state index contributed by atoms with van der Waals surface area (Å²) in [4.78, 5) is 4.42. The Hall–Kier alpha value is -0.850. The molecule has 0 fully saturated rings. The lowest BCUT2D eigenvalue weighted by Crippen LogP contribution is -2.15. The number of aromatic nitrogens is 1. The van der Waals surface area contributed by atoms with Gasteiger partial charge in [-0.25, -0.2) is 0 Å². The summed E-state index contributed by atoms with van der Waals surface area (Å²) in [6.07, 6.45) is 4.35. The highest BCUT2D eigenvalue weighted by Gasteiger charge is 2.32. The van der Waals surface area contributed by atoms with E-state index < -0.39 is 0 Å². The lowest BCUT2D eigenvalue weighted by atomic mass is 9.78. The maximum Gasteiger partial charge on any atom is 0.0438 e. The molecule has 1 heterocycles. The second kappa shape index (κ2) is 2.83. The predicted octanol–water partition coefficient (Wildman–Crippen LogP) is 3.16. The first-order chi connectivity index (χ1) is 6.09. The van der Waals surface area contributed by atoms with Gasteiger partial charge in [0, 0.05) is 11.9 Å². The third kappa shape index (κ3) is 1.48. The lowest BCUT2D eigenvalue weighted by molar-refractivity contribution is 0.319. The van der Waals surface area contributed by atoms with E-state index in [0.717, 1.165) is 6.42 Å². The molecule has 0 radical (unpaired) electrons. The summed E-state index contributed by atoms with van der Waals surface area (Å²) in [5.41, 5.74) is 3.19. The molecule has 0 amide bonds. The molecule has 1 unspecified atom stereocenters. The van der Waals surface area contributed by atoms with Crippen LogP contribution in [0.5, 0.6) is 0 Å². The van der Waals surface area contributed by atoms with Crippen LogP contribution in [0.4, 0.5) is 0 Å². The molecule has 0 bridgehead atoms. The van der Waals surface area contributed by atoms with Crippen molar-refractivity contribution >= 4 is 0 Å². The van der Waals surface area contributed by atoms with E-state index in [-0.39, 0.29) is 0 Å².